The molecule has 1 heterocycles. The Kier molecular flexibility index (Phi) is 12.7. The van der Waals surface area contributed by atoms with Gasteiger partial charge in [0.2, 0.25) is 0 Å². The highest BCUT2D eigenvalue weighted by Gasteiger charge is 2.27. The van der Waals surface area contributed by atoms with E-state index in [0.717, 1.165) is 19.3 Å². The van der Waals surface area contributed by atoms with Gasteiger partial charge >= 0.3 is 11.9 Å². The van der Waals surface area contributed by atoms with E-state index in [1.807, 2.05) is 0 Å². The SMILES string of the molecule is CCCCCCCCCCCC(O)C(=O)c1c(COC(C)=O)cnc(C)c1OC(C)=O. The lowest BCUT2D eigenvalue weighted by molar-refractivity contribution is -0.142. The lowest BCUT2D eigenvalue weighted by Gasteiger charge is -2.17. The maximum Gasteiger partial charge on any atom is 0.308 e. The lowest BCUT2D eigenvalue weighted by atomic mass is 9.96. The van der Waals surface area contributed by atoms with Crippen molar-refractivity contribution < 1.29 is 29.0 Å². The molecule has 0 amide bonds. The van der Waals surface area contributed by atoms with Crippen molar-refractivity contribution in [3.8, 4) is 5.75 Å². The molecular formula is C24H37NO6. The van der Waals surface area contributed by atoms with Gasteiger partial charge in [0.1, 0.15) is 12.7 Å². The summed E-state index contributed by atoms with van der Waals surface area (Å²) in [5.74, 6) is -1.66. The van der Waals surface area contributed by atoms with Crippen molar-refractivity contribution in [2.75, 3.05) is 0 Å². The summed E-state index contributed by atoms with van der Waals surface area (Å²) in [6.07, 6.45) is 10.7. The highest BCUT2D eigenvalue weighted by molar-refractivity contribution is 6.03. The van der Waals surface area contributed by atoms with Crippen LogP contribution in [-0.4, -0.2) is 33.9 Å². The fourth-order valence-corrected chi connectivity index (χ4v) is 3.40. The Morgan fingerprint density at radius 2 is 1.55 bits per heavy atom. The summed E-state index contributed by atoms with van der Waals surface area (Å²) in [7, 11) is 0. The minimum absolute atomic E-state index is 0.00767. The first-order valence-electron chi connectivity index (χ1n) is 11.3. The quantitative estimate of drug-likeness (QED) is 0.239. The highest BCUT2D eigenvalue weighted by Crippen LogP contribution is 2.28. The van der Waals surface area contributed by atoms with Crippen molar-refractivity contribution in [2.24, 2.45) is 0 Å². The van der Waals surface area contributed by atoms with Crippen LogP contribution in [0.3, 0.4) is 0 Å². The van der Waals surface area contributed by atoms with E-state index < -0.39 is 23.8 Å². The van der Waals surface area contributed by atoms with Crippen LogP contribution in [-0.2, 0) is 20.9 Å². The molecule has 1 unspecified atom stereocenters. The van der Waals surface area contributed by atoms with Gasteiger partial charge in [0.25, 0.3) is 0 Å². The van der Waals surface area contributed by atoms with Crippen molar-refractivity contribution in [3.05, 3.63) is 23.0 Å². The second kappa shape index (κ2) is 14.7. The molecule has 0 aliphatic rings. The van der Waals surface area contributed by atoms with Gasteiger partial charge in [-0.3, -0.25) is 19.4 Å². The number of carbonyl (C=O) groups is 3. The number of aliphatic hydroxyl groups is 1. The molecule has 0 bridgehead atoms. The number of unbranched alkanes of at least 4 members (excludes halogenated alkanes) is 8. The number of aromatic nitrogens is 1. The summed E-state index contributed by atoms with van der Waals surface area (Å²) in [4.78, 5) is 39.9. The summed E-state index contributed by atoms with van der Waals surface area (Å²) in [6, 6.07) is 0. The Morgan fingerprint density at radius 3 is 2.10 bits per heavy atom. The Bertz CT molecular complexity index is 731. The Labute approximate surface area is 185 Å². The van der Waals surface area contributed by atoms with Gasteiger partial charge in [0.15, 0.2) is 11.5 Å². The molecule has 0 radical (unpaired) electrons. The van der Waals surface area contributed by atoms with Crippen LogP contribution in [0, 0.1) is 6.92 Å². The number of aliphatic hydroxyl groups excluding tert-OH is 1. The number of ether oxygens (including phenoxy) is 2. The van der Waals surface area contributed by atoms with E-state index in [-0.39, 0.29) is 17.9 Å². The van der Waals surface area contributed by atoms with Gasteiger partial charge in [-0.1, -0.05) is 64.7 Å². The van der Waals surface area contributed by atoms with Crippen molar-refractivity contribution >= 4 is 17.7 Å². The second-order valence-corrected chi connectivity index (χ2v) is 7.94. The van der Waals surface area contributed by atoms with Gasteiger partial charge in [-0.2, -0.15) is 0 Å². The number of esters is 2. The van der Waals surface area contributed by atoms with Crippen LogP contribution in [0.2, 0.25) is 0 Å². The van der Waals surface area contributed by atoms with Crippen molar-refractivity contribution in [1.82, 2.24) is 4.98 Å². The monoisotopic (exact) mass is 435 g/mol. The molecule has 31 heavy (non-hydrogen) atoms. The molecule has 7 heteroatoms. The topological polar surface area (TPSA) is 103 Å². The second-order valence-electron chi connectivity index (χ2n) is 7.94. The third kappa shape index (κ3) is 10.0. The van der Waals surface area contributed by atoms with Crippen LogP contribution in [0.25, 0.3) is 0 Å². The van der Waals surface area contributed by atoms with Crippen LogP contribution in [0.15, 0.2) is 6.20 Å². The van der Waals surface area contributed by atoms with E-state index in [2.05, 4.69) is 11.9 Å². The Morgan fingerprint density at radius 1 is 0.968 bits per heavy atom. The summed E-state index contributed by atoms with van der Waals surface area (Å²) < 4.78 is 10.2. The Hall–Kier alpha value is -2.28. The predicted molar refractivity (Wildman–Crippen MR) is 118 cm³/mol. The van der Waals surface area contributed by atoms with Crippen LogP contribution in [0.1, 0.15) is 107 Å². The average Bonchev–Trinajstić information content (AvgIpc) is 2.71. The fourth-order valence-electron chi connectivity index (χ4n) is 3.40. The van der Waals surface area contributed by atoms with Crippen molar-refractivity contribution in [2.45, 2.75) is 105 Å². The number of hydrogen-bond acceptors (Lipinski definition) is 7. The van der Waals surface area contributed by atoms with E-state index >= 15 is 0 Å². The molecule has 0 aromatic carbocycles. The first-order chi connectivity index (χ1) is 14.8. The number of hydrogen-bond donors (Lipinski definition) is 1. The molecule has 0 spiro atoms. The summed E-state index contributed by atoms with van der Waals surface area (Å²) in [6.45, 7) is 6.11. The number of pyridine rings is 1. The van der Waals surface area contributed by atoms with Gasteiger partial charge in [-0.05, 0) is 13.3 Å². The average molecular weight is 436 g/mol. The van der Waals surface area contributed by atoms with Crippen molar-refractivity contribution in [3.63, 3.8) is 0 Å². The molecule has 0 saturated heterocycles. The van der Waals surface area contributed by atoms with Crippen LogP contribution >= 0.6 is 0 Å². The number of Topliss-reactive ketones (excluding diaryl/α,β-unsaturated/α-hetero) is 1. The number of aryl methyl sites for hydroxylation is 1. The van der Waals surface area contributed by atoms with Crippen LogP contribution < -0.4 is 4.74 Å². The first kappa shape index (κ1) is 26.8. The fraction of sp³-hybridized carbons (Fsp3) is 0.667. The van der Waals surface area contributed by atoms with E-state index in [4.69, 9.17) is 9.47 Å². The minimum Gasteiger partial charge on any atom is -0.461 e. The molecule has 1 atom stereocenters. The summed E-state index contributed by atoms with van der Waals surface area (Å²) >= 11 is 0. The number of nitrogens with zero attached hydrogens (tertiary/aromatic N) is 1. The zero-order valence-electron chi connectivity index (χ0n) is 19.4. The number of carbonyl (C=O) groups excluding carboxylic acids is 3. The third-order valence-electron chi connectivity index (χ3n) is 5.10. The molecule has 7 nitrogen and oxygen atoms in total. The molecule has 1 aromatic heterocycles. The first-order valence-corrected chi connectivity index (χ1v) is 11.3. The van der Waals surface area contributed by atoms with Gasteiger partial charge < -0.3 is 14.6 Å². The van der Waals surface area contributed by atoms with Gasteiger partial charge in [0.05, 0.1) is 11.3 Å². The van der Waals surface area contributed by atoms with Crippen molar-refractivity contribution in [1.29, 1.82) is 0 Å². The summed E-state index contributed by atoms with van der Waals surface area (Å²) in [5, 5.41) is 10.5. The molecule has 1 aromatic rings. The molecular weight excluding hydrogens is 398 g/mol. The molecule has 174 valence electrons. The maximum atomic E-state index is 13.0. The number of rotatable bonds is 15. The smallest absolute Gasteiger partial charge is 0.308 e. The molecule has 1 rings (SSSR count). The van der Waals surface area contributed by atoms with E-state index in [1.165, 1.54) is 58.6 Å². The maximum absolute atomic E-state index is 13.0. The largest absolute Gasteiger partial charge is 0.461 e. The molecule has 1 N–H and O–H groups in total. The van der Waals surface area contributed by atoms with Gasteiger partial charge in [0, 0.05) is 25.6 Å². The molecule has 0 aliphatic heterocycles. The van der Waals surface area contributed by atoms with E-state index in [9.17, 15) is 19.5 Å². The van der Waals surface area contributed by atoms with E-state index in [0.29, 0.717) is 17.7 Å². The zero-order chi connectivity index (χ0) is 23.2. The molecule has 0 saturated carbocycles. The molecule has 0 fully saturated rings. The predicted octanol–water partition coefficient (Wildman–Crippen LogP) is 4.84. The summed E-state index contributed by atoms with van der Waals surface area (Å²) in [5.41, 5.74) is 0.695. The van der Waals surface area contributed by atoms with Gasteiger partial charge in [-0.15, -0.1) is 0 Å². The number of ketones is 1. The van der Waals surface area contributed by atoms with Crippen LogP contribution in [0.4, 0.5) is 0 Å². The van der Waals surface area contributed by atoms with Crippen LogP contribution in [0.5, 0.6) is 5.75 Å². The van der Waals surface area contributed by atoms with E-state index in [1.54, 1.807) is 6.92 Å². The minimum atomic E-state index is -1.23. The molecule has 0 aliphatic carbocycles. The standard InChI is InChI=1S/C24H37NO6/c1-5-6-7-8-9-10-11-12-13-14-21(28)23(29)22-20(16-30-18(3)26)15-25-17(2)24(22)31-19(4)27/h15,21,28H,5-14,16H2,1-4H3. The Balaban J connectivity index is 2.74. The zero-order valence-corrected chi connectivity index (χ0v) is 19.4. The van der Waals surface area contributed by atoms with Gasteiger partial charge in [-0.25, -0.2) is 0 Å². The highest BCUT2D eigenvalue weighted by atomic mass is 16.5. The normalized spacial score (nSPS) is 11.8. The lowest BCUT2D eigenvalue weighted by Crippen LogP contribution is -2.24. The third-order valence-corrected chi connectivity index (χ3v) is 5.10.